The van der Waals surface area contributed by atoms with Crippen molar-refractivity contribution in [2.24, 2.45) is 11.3 Å². The zero-order chi connectivity index (χ0) is 13.7. The van der Waals surface area contributed by atoms with Crippen LogP contribution in [-0.4, -0.2) is 35.0 Å². The number of carboxylic acids is 1. The smallest absolute Gasteiger partial charge is 0.304 e. The van der Waals surface area contributed by atoms with Crippen LogP contribution in [0.1, 0.15) is 38.5 Å². The van der Waals surface area contributed by atoms with Crippen molar-refractivity contribution in [2.45, 2.75) is 38.5 Å². The first-order valence-electron chi connectivity index (χ1n) is 6.87. The lowest BCUT2D eigenvalue weighted by Gasteiger charge is -2.14. The first kappa shape index (κ1) is 15.0. The van der Waals surface area contributed by atoms with E-state index in [1.165, 1.54) is 12.8 Å². The topological polar surface area (TPSA) is 66.4 Å². The molecule has 2 fully saturated rings. The molecule has 0 bridgehead atoms. The maximum absolute atomic E-state index is 12.1. The fraction of sp³-hybridized carbons (Fsp3) is 0.846. The number of carboxylic acid groups (broad SMARTS) is 1. The van der Waals surface area contributed by atoms with E-state index in [1.807, 2.05) is 0 Å². The molecule has 0 aromatic rings. The van der Waals surface area contributed by atoms with E-state index in [1.54, 1.807) is 21.6 Å². The number of hydrogen-bond acceptors (Lipinski definition) is 4. The maximum atomic E-state index is 12.1. The van der Waals surface area contributed by atoms with Crippen molar-refractivity contribution in [2.75, 3.05) is 18.1 Å². The molecule has 2 aliphatic rings. The minimum absolute atomic E-state index is 0.0116. The molecule has 0 unspecified atom stereocenters. The van der Waals surface area contributed by atoms with Gasteiger partial charge in [0.05, 0.1) is 6.42 Å². The molecule has 0 radical (unpaired) electrons. The Bertz CT molecular complexity index is 341. The molecular formula is C13H21NO3S2. The summed E-state index contributed by atoms with van der Waals surface area (Å²) in [5.41, 5.74) is -0.0116. The number of carbonyl (C=O) groups excluding carboxylic acids is 1. The minimum atomic E-state index is -0.753. The van der Waals surface area contributed by atoms with Crippen molar-refractivity contribution < 1.29 is 14.7 Å². The zero-order valence-electron chi connectivity index (χ0n) is 11.0. The summed E-state index contributed by atoms with van der Waals surface area (Å²) in [4.78, 5) is 22.4. The van der Waals surface area contributed by atoms with Crippen LogP contribution in [-0.2, 0) is 9.59 Å². The predicted octanol–water partition coefficient (Wildman–Crippen LogP) is 2.54. The molecule has 0 spiro atoms. The van der Waals surface area contributed by atoms with Crippen molar-refractivity contribution in [1.29, 1.82) is 0 Å². The highest BCUT2D eigenvalue weighted by Crippen LogP contribution is 2.55. The van der Waals surface area contributed by atoms with Crippen LogP contribution in [0.25, 0.3) is 0 Å². The van der Waals surface area contributed by atoms with E-state index >= 15 is 0 Å². The van der Waals surface area contributed by atoms with Gasteiger partial charge < -0.3 is 10.4 Å². The van der Waals surface area contributed by atoms with Gasteiger partial charge in [-0.15, -0.1) is 0 Å². The molecule has 0 aromatic heterocycles. The summed E-state index contributed by atoms with van der Waals surface area (Å²) in [6.07, 6.45) is 6.05. The highest BCUT2D eigenvalue weighted by atomic mass is 33.1. The molecule has 2 aliphatic carbocycles. The molecule has 0 saturated heterocycles. The lowest BCUT2D eigenvalue weighted by molar-refractivity contribution is -0.136. The maximum Gasteiger partial charge on any atom is 0.304 e. The van der Waals surface area contributed by atoms with Crippen LogP contribution in [0.4, 0.5) is 0 Å². The highest BCUT2D eigenvalue weighted by molar-refractivity contribution is 8.76. The Morgan fingerprint density at radius 2 is 1.89 bits per heavy atom. The van der Waals surface area contributed by atoms with Crippen LogP contribution in [0.5, 0.6) is 0 Å². The SMILES string of the molecule is O=C(O)CCSSCCNC(=O)C1(CC2CC2)CC1. The first-order valence-corrected chi connectivity index (χ1v) is 9.36. The van der Waals surface area contributed by atoms with Crippen LogP contribution in [0.15, 0.2) is 0 Å². The highest BCUT2D eigenvalue weighted by Gasteiger charge is 2.51. The average Bonchev–Trinajstić information content (AvgIpc) is 3.25. The van der Waals surface area contributed by atoms with Gasteiger partial charge in [-0.25, -0.2) is 0 Å². The fourth-order valence-electron chi connectivity index (χ4n) is 2.19. The molecule has 108 valence electrons. The molecule has 4 nitrogen and oxygen atoms in total. The second-order valence-electron chi connectivity index (χ2n) is 5.47. The number of rotatable bonds is 10. The van der Waals surface area contributed by atoms with Crippen molar-refractivity contribution in [3.63, 3.8) is 0 Å². The summed E-state index contributed by atoms with van der Waals surface area (Å²) >= 11 is 0. The second-order valence-corrected chi connectivity index (χ2v) is 8.17. The lowest BCUT2D eigenvalue weighted by Crippen LogP contribution is -2.33. The molecule has 6 heteroatoms. The van der Waals surface area contributed by atoms with Gasteiger partial charge in [0.25, 0.3) is 0 Å². The van der Waals surface area contributed by atoms with E-state index in [9.17, 15) is 9.59 Å². The Morgan fingerprint density at radius 1 is 1.21 bits per heavy atom. The fourth-order valence-corrected chi connectivity index (χ4v) is 4.08. The molecule has 0 atom stereocenters. The van der Waals surface area contributed by atoms with Crippen LogP contribution in [0.2, 0.25) is 0 Å². The number of amides is 1. The number of aliphatic carboxylic acids is 1. The molecule has 1 amide bonds. The van der Waals surface area contributed by atoms with Crippen molar-refractivity contribution in [3.8, 4) is 0 Å². The third kappa shape index (κ3) is 5.26. The number of hydrogen-bond donors (Lipinski definition) is 2. The molecule has 0 aromatic carbocycles. The second kappa shape index (κ2) is 6.88. The van der Waals surface area contributed by atoms with Gasteiger partial charge in [0.2, 0.25) is 5.91 Å². The summed E-state index contributed by atoms with van der Waals surface area (Å²) in [6, 6.07) is 0. The third-order valence-electron chi connectivity index (χ3n) is 3.67. The Hall–Kier alpha value is -0.360. The monoisotopic (exact) mass is 303 g/mol. The molecule has 2 saturated carbocycles. The van der Waals surface area contributed by atoms with Gasteiger partial charge in [0, 0.05) is 23.5 Å². The number of nitrogens with one attached hydrogen (secondary N) is 1. The summed E-state index contributed by atoms with van der Waals surface area (Å²) < 4.78 is 0. The van der Waals surface area contributed by atoms with Gasteiger partial charge in [0.1, 0.15) is 0 Å². The van der Waals surface area contributed by atoms with Crippen LogP contribution >= 0.6 is 21.6 Å². The summed E-state index contributed by atoms with van der Waals surface area (Å²) in [5.74, 6) is 1.77. The third-order valence-corrected chi connectivity index (χ3v) is 6.07. The predicted molar refractivity (Wildman–Crippen MR) is 79.2 cm³/mol. The molecule has 0 heterocycles. The molecule has 0 aliphatic heterocycles. The van der Waals surface area contributed by atoms with Crippen molar-refractivity contribution in [3.05, 3.63) is 0 Å². The normalized spacial score (nSPS) is 20.0. The van der Waals surface area contributed by atoms with Crippen molar-refractivity contribution in [1.82, 2.24) is 5.32 Å². The minimum Gasteiger partial charge on any atom is -0.481 e. The average molecular weight is 303 g/mol. The molecule has 2 rings (SSSR count). The quantitative estimate of drug-likeness (QED) is 0.479. The summed E-state index contributed by atoms with van der Waals surface area (Å²) in [5, 5.41) is 11.5. The summed E-state index contributed by atoms with van der Waals surface area (Å²) in [7, 11) is 3.19. The van der Waals surface area contributed by atoms with Crippen molar-refractivity contribution >= 4 is 33.5 Å². The Kier molecular flexibility index (Phi) is 5.45. The molecular weight excluding hydrogens is 282 g/mol. The van der Waals surface area contributed by atoms with Crippen LogP contribution in [0, 0.1) is 11.3 Å². The summed E-state index contributed by atoms with van der Waals surface area (Å²) in [6.45, 7) is 0.690. The van der Waals surface area contributed by atoms with Crippen LogP contribution in [0.3, 0.4) is 0 Å². The number of carbonyl (C=O) groups is 2. The van der Waals surface area contributed by atoms with E-state index in [0.717, 1.165) is 30.9 Å². The van der Waals surface area contributed by atoms with Gasteiger partial charge in [-0.3, -0.25) is 9.59 Å². The van der Waals surface area contributed by atoms with Gasteiger partial charge in [0.15, 0.2) is 0 Å². The Balaban J connectivity index is 1.48. The lowest BCUT2D eigenvalue weighted by atomic mass is 9.98. The first-order chi connectivity index (χ1) is 9.12. The Labute approximate surface area is 121 Å². The van der Waals surface area contributed by atoms with E-state index in [-0.39, 0.29) is 17.7 Å². The molecule has 2 N–H and O–H groups in total. The van der Waals surface area contributed by atoms with Gasteiger partial charge in [-0.1, -0.05) is 34.4 Å². The van der Waals surface area contributed by atoms with E-state index in [4.69, 9.17) is 5.11 Å². The van der Waals surface area contributed by atoms with E-state index in [2.05, 4.69) is 5.32 Å². The largest absolute Gasteiger partial charge is 0.481 e. The van der Waals surface area contributed by atoms with Crippen LogP contribution < -0.4 is 5.32 Å². The van der Waals surface area contributed by atoms with Gasteiger partial charge >= 0.3 is 5.97 Å². The van der Waals surface area contributed by atoms with E-state index in [0.29, 0.717) is 12.3 Å². The van der Waals surface area contributed by atoms with Gasteiger partial charge in [-0.2, -0.15) is 0 Å². The zero-order valence-corrected chi connectivity index (χ0v) is 12.7. The standard InChI is InChI=1S/C13H21NO3S2/c15-11(16)3-7-18-19-8-6-14-12(17)13(4-5-13)9-10-1-2-10/h10H,1-9H2,(H,14,17)(H,15,16). The van der Waals surface area contributed by atoms with Gasteiger partial charge in [-0.05, 0) is 25.2 Å². The Morgan fingerprint density at radius 3 is 2.47 bits per heavy atom. The van der Waals surface area contributed by atoms with E-state index < -0.39 is 5.97 Å². The molecule has 19 heavy (non-hydrogen) atoms.